The first kappa shape index (κ1) is 15.2. The van der Waals surface area contributed by atoms with E-state index >= 15 is 0 Å². The van der Waals surface area contributed by atoms with Gasteiger partial charge in [-0.15, -0.1) is 0 Å². The molecular weight excluding hydrogens is 236 g/mol. The molecule has 0 aliphatic carbocycles. The predicted octanol–water partition coefficient (Wildman–Crippen LogP) is 4.69. The minimum Gasteiger partial charge on any atom is -0.496 e. The first-order chi connectivity index (χ1) is 9.08. The highest BCUT2D eigenvalue weighted by Gasteiger charge is 2.09. The Kier molecular flexibility index (Phi) is 5.56. The van der Waals surface area contributed by atoms with E-state index in [-0.39, 0.29) is 0 Å². The van der Waals surface area contributed by atoms with Crippen LogP contribution < -0.4 is 4.74 Å². The lowest BCUT2D eigenvalue weighted by Gasteiger charge is -2.10. The van der Waals surface area contributed by atoms with E-state index in [4.69, 9.17) is 4.74 Å². The molecule has 0 aliphatic rings. The highest BCUT2D eigenvalue weighted by Crippen LogP contribution is 2.30. The summed E-state index contributed by atoms with van der Waals surface area (Å²) in [7, 11) is 1.59. The molecule has 2 aromatic carbocycles. The van der Waals surface area contributed by atoms with Crippen LogP contribution >= 0.6 is 0 Å². The van der Waals surface area contributed by atoms with Crippen LogP contribution in [0.2, 0.25) is 0 Å². The van der Waals surface area contributed by atoms with Crippen molar-refractivity contribution >= 4 is 17.1 Å². The first-order valence-corrected chi connectivity index (χ1v) is 6.62. The van der Waals surface area contributed by atoms with Crippen molar-refractivity contribution in [3.63, 3.8) is 0 Å². The highest BCUT2D eigenvalue weighted by molar-refractivity contribution is 6.02. The van der Waals surface area contributed by atoms with Gasteiger partial charge in [0.25, 0.3) is 0 Å². The maximum absolute atomic E-state index is 11.1. The molecule has 2 heteroatoms. The zero-order chi connectivity index (χ0) is 14.4. The fraction of sp³-hybridized carbons (Fsp3) is 0.353. The molecule has 2 aromatic rings. The third kappa shape index (κ3) is 3.34. The second-order valence-electron chi connectivity index (χ2n) is 4.68. The van der Waals surface area contributed by atoms with Crippen LogP contribution in [-0.2, 0) is 0 Å². The largest absolute Gasteiger partial charge is 0.496 e. The highest BCUT2D eigenvalue weighted by atomic mass is 16.5. The van der Waals surface area contributed by atoms with Gasteiger partial charge in [-0.2, -0.15) is 0 Å². The van der Waals surface area contributed by atoms with Crippen LogP contribution in [0.15, 0.2) is 24.3 Å². The van der Waals surface area contributed by atoms with Crippen molar-refractivity contribution in [1.82, 2.24) is 0 Å². The molecule has 2 rings (SSSR count). The second kappa shape index (κ2) is 6.93. The van der Waals surface area contributed by atoms with E-state index in [9.17, 15) is 4.79 Å². The molecule has 0 bridgehead atoms. The standard InChI is InChI=1S/C14H14O2.C3H8/c1-9-4-5-11-12(6-9)10(2)7-14(16-3)13(11)8-15;1-3-2/h4-8H,1-3H3;3H2,1-2H3. The molecular formula is C17H22O2. The van der Waals surface area contributed by atoms with E-state index in [0.29, 0.717) is 11.3 Å². The van der Waals surface area contributed by atoms with Crippen LogP contribution in [0.1, 0.15) is 41.8 Å². The first-order valence-electron chi connectivity index (χ1n) is 6.62. The molecule has 0 saturated carbocycles. The van der Waals surface area contributed by atoms with Gasteiger partial charge in [-0.05, 0) is 36.2 Å². The summed E-state index contributed by atoms with van der Waals surface area (Å²) < 4.78 is 5.22. The number of hydrogen-bond acceptors (Lipinski definition) is 2. The summed E-state index contributed by atoms with van der Waals surface area (Å²) in [5.74, 6) is 0.642. The summed E-state index contributed by atoms with van der Waals surface area (Å²) in [6.07, 6.45) is 2.11. The average Bonchev–Trinajstić information content (AvgIpc) is 2.40. The number of rotatable bonds is 2. The third-order valence-electron chi connectivity index (χ3n) is 2.84. The summed E-state index contributed by atoms with van der Waals surface area (Å²) >= 11 is 0. The molecule has 0 spiro atoms. The Hall–Kier alpha value is -1.83. The van der Waals surface area contributed by atoms with Gasteiger partial charge < -0.3 is 4.74 Å². The van der Waals surface area contributed by atoms with Crippen LogP contribution in [0.4, 0.5) is 0 Å². The van der Waals surface area contributed by atoms with Crippen molar-refractivity contribution in [2.24, 2.45) is 0 Å². The molecule has 102 valence electrons. The smallest absolute Gasteiger partial charge is 0.154 e. The van der Waals surface area contributed by atoms with Crippen molar-refractivity contribution in [2.75, 3.05) is 7.11 Å². The maximum atomic E-state index is 11.1. The number of methoxy groups -OCH3 is 1. The predicted molar refractivity (Wildman–Crippen MR) is 81.3 cm³/mol. The van der Waals surface area contributed by atoms with Crippen LogP contribution in [0.25, 0.3) is 10.8 Å². The molecule has 0 saturated heterocycles. The molecule has 19 heavy (non-hydrogen) atoms. The van der Waals surface area contributed by atoms with Crippen molar-refractivity contribution < 1.29 is 9.53 Å². The van der Waals surface area contributed by atoms with E-state index < -0.39 is 0 Å². The SMILES string of the molecule is CCC.COc1cc(C)c2cc(C)ccc2c1C=O. The minimum absolute atomic E-state index is 0.628. The van der Waals surface area contributed by atoms with E-state index in [1.54, 1.807) is 7.11 Å². The second-order valence-corrected chi connectivity index (χ2v) is 4.68. The molecule has 2 nitrogen and oxygen atoms in total. The van der Waals surface area contributed by atoms with E-state index in [2.05, 4.69) is 19.9 Å². The molecule has 0 amide bonds. The summed E-state index contributed by atoms with van der Waals surface area (Å²) in [5.41, 5.74) is 2.95. The number of aldehydes is 1. The lowest BCUT2D eigenvalue weighted by atomic mass is 9.98. The Morgan fingerprint density at radius 2 is 1.74 bits per heavy atom. The van der Waals surface area contributed by atoms with Crippen LogP contribution in [0.3, 0.4) is 0 Å². The lowest BCUT2D eigenvalue weighted by Crippen LogP contribution is -1.94. The van der Waals surface area contributed by atoms with E-state index in [1.165, 1.54) is 12.0 Å². The van der Waals surface area contributed by atoms with Gasteiger partial charge in [0.1, 0.15) is 5.75 Å². The number of aryl methyl sites for hydroxylation is 2. The number of carbonyl (C=O) groups is 1. The molecule has 0 aromatic heterocycles. The Morgan fingerprint density at radius 3 is 2.26 bits per heavy atom. The van der Waals surface area contributed by atoms with Gasteiger partial charge in [0.2, 0.25) is 0 Å². The van der Waals surface area contributed by atoms with Gasteiger partial charge in [-0.3, -0.25) is 4.79 Å². The molecule has 0 atom stereocenters. The van der Waals surface area contributed by atoms with Crippen molar-refractivity contribution in [1.29, 1.82) is 0 Å². The topological polar surface area (TPSA) is 26.3 Å². The van der Waals surface area contributed by atoms with Crippen molar-refractivity contribution in [3.05, 3.63) is 41.0 Å². The Morgan fingerprint density at radius 1 is 1.11 bits per heavy atom. The monoisotopic (exact) mass is 258 g/mol. The number of benzene rings is 2. The molecule has 0 heterocycles. The van der Waals surface area contributed by atoms with Crippen molar-refractivity contribution in [3.8, 4) is 5.75 Å². The summed E-state index contributed by atoms with van der Waals surface area (Å²) in [6, 6.07) is 7.99. The minimum atomic E-state index is 0.628. The zero-order valence-corrected chi connectivity index (χ0v) is 12.4. The lowest BCUT2D eigenvalue weighted by molar-refractivity contribution is 0.112. The van der Waals surface area contributed by atoms with Gasteiger partial charge in [-0.1, -0.05) is 44.0 Å². The van der Waals surface area contributed by atoms with Crippen LogP contribution in [0, 0.1) is 13.8 Å². The fourth-order valence-corrected chi connectivity index (χ4v) is 1.99. The fourth-order valence-electron chi connectivity index (χ4n) is 1.99. The molecule has 0 radical (unpaired) electrons. The van der Waals surface area contributed by atoms with Gasteiger partial charge in [-0.25, -0.2) is 0 Å². The number of fused-ring (bicyclic) bond motifs is 1. The van der Waals surface area contributed by atoms with Gasteiger partial charge >= 0.3 is 0 Å². The maximum Gasteiger partial charge on any atom is 0.154 e. The normalized spacial score (nSPS) is 9.74. The number of hydrogen-bond donors (Lipinski definition) is 0. The average molecular weight is 258 g/mol. The summed E-state index contributed by atoms with van der Waals surface area (Å²) in [4.78, 5) is 11.1. The van der Waals surface area contributed by atoms with Gasteiger partial charge in [0, 0.05) is 0 Å². The number of carbonyl (C=O) groups excluding carboxylic acids is 1. The molecule has 0 fully saturated rings. The van der Waals surface area contributed by atoms with Crippen LogP contribution in [0.5, 0.6) is 5.75 Å². The zero-order valence-electron chi connectivity index (χ0n) is 12.4. The van der Waals surface area contributed by atoms with Crippen molar-refractivity contribution in [2.45, 2.75) is 34.1 Å². The summed E-state index contributed by atoms with van der Waals surface area (Å²) in [6.45, 7) is 8.32. The third-order valence-corrected chi connectivity index (χ3v) is 2.84. The van der Waals surface area contributed by atoms with Crippen LogP contribution in [-0.4, -0.2) is 13.4 Å². The number of ether oxygens (including phenoxy) is 1. The van der Waals surface area contributed by atoms with E-state index in [0.717, 1.165) is 22.6 Å². The Balaban J connectivity index is 0.000000550. The summed E-state index contributed by atoms with van der Waals surface area (Å²) in [5, 5.41) is 2.07. The quantitative estimate of drug-likeness (QED) is 0.730. The Labute approximate surface area is 115 Å². The molecule has 0 N–H and O–H groups in total. The van der Waals surface area contributed by atoms with Gasteiger partial charge in [0.05, 0.1) is 12.7 Å². The van der Waals surface area contributed by atoms with Gasteiger partial charge in [0.15, 0.2) is 6.29 Å². The molecule has 0 unspecified atom stereocenters. The Bertz CT molecular complexity index is 571. The van der Waals surface area contributed by atoms with E-state index in [1.807, 2.05) is 32.0 Å². The molecule has 0 aliphatic heterocycles.